The number of methoxy groups -OCH3 is 2. The number of phenols is 2. The summed E-state index contributed by atoms with van der Waals surface area (Å²) in [5.41, 5.74) is 29.0. The summed E-state index contributed by atoms with van der Waals surface area (Å²) in [5, 5.41) is 21.3. The van der Waals surface area contributed by atoms with Crippen LogP contribution >= 0.6 is 0 Å². The SMILES string of the molecule is COC(=O)c1c(N)nc(-c2nc(N)c(C(=O)OC)c(N)c2-c2c(C)ccc(O)c2C)c(-c2c(C)ccc(O)c2C)c1N. The number of anilines is 4. The average Bonchev–Trinajstić information content (AvgIpc) is 2.94. The quantitative estimate of drug-likeness (QED) is 0.187. The molecule has 0 amide bonds. The molecule has 12 nitrogen and oxygen atoms in total. The summed E-state index contributed by atoms with van der Waals surface area (Å²) in [5.74, 6) is -2.25. The summed E-state index contributed by atoms with van der Waals surface area (Å²) < 4.78 is 9.85. The molecule has 0 aliphatic heterocycles. The van der Waals surface area contributed by atoms with Gasteiger partial charge in [-0.1, -0.05) is 12.1 Å². The number of nitrogens with zero attached hydrogens (tertiary/aromatic N) is 2. The number of carbonyl (C=O) groups is 2. The third-order valence-corrected chi connectivity index (χ3v) is 7.32. The van der Waals surface area contributed by atoms with E-state index in [4.69, 9.17) is 32.4 Å². The molecule has 4 aromatic rings. The summed E-state index contributed by atoms with van der Waals surface area (Å²) >= 11 is 0. The van der Waals surface area contributed by atoms with Gasteiger partial charge >= 0.3 is 11.9 Å². The van der Waals surface area contributed by atoms with Crippen molar-refractivity contribution in [2.24, 2.45) is 0 Å². The van der Waals surface area contributed by atoms with Crippen molar-refractivity contribution in [3.05, 3.63) is 57.6 Å². The number of pyridine rings is 2. The van der Waals surface area contributed by atoms with Gasteiger partial charge in [0.2, 0.25) is 0 Å². The molecule has 0 radical (unpaired) electrons. The van der Waals surface area contributed by atoms with E-state index >= 15 is 0 Å². The van der Waals surface area contributed by atoms with Gasteiger partial charge in [-0.3, -0.25) is 0 Å². The molecule has 0 atom stereocenters. The summed E-state index contributed by atoms with van der Waals surface area (Å²) in [6.07, 6.45) is 0. The van der Waals surface area contributed by atoms with E-state index in [1.165, 1.54) is 26.4 Å². The van der Waals surface area contributed by atoms with Crippen LogP contribution in [0.25, 0.3) is 33.6 Å². The van der Waals surface area contributed by atoms with E-state index in [1.54, 1.807) is 39.8 Å². The maximum absolute atomic E-state index is 12.8. The molecule has 10 N–H and O–H groups in total. The topological polar surface area (TPSA) is 223 Å². The van der Waals surface area contributed by atoms with Gasteiger partial charge < -0.3 is 42.6 Å². The Morgan fingerprint density at radius 1 is 0.619 bits per heavy atom. The van der Waals surface area contributed by atoms with Gasteiger partial charge in [0.1, 0.15) is 45.6 Å². The van der Waals surface area contributed by atoms with Crippen LogP contribution in [0.15, 0.2) is 24.3 Å². The fraction of sp³-hybridized carbons (Fsp3) is 0.200. The molecule has 2 heterocycles. The molecule has 12 heteroatoms. The number of carbonyl (C=O) groups excluding carboxylic acids is 2. The number of nitrogens with two attached hydrogens (primary N) is 4. The standard InChI is InChI=1S/C30H32N6O6/c1-11-7-9-15(37)13(3)17(11)19-23(31)21(29(39)41-5)27(33)35-25(19)26-20(18-12(2)8-10-16(38)14(18)4)24(32)22(28(34)36-26)30(40)42-6/h7-10,37-38H,1-6H3,(H4,31,33,35)(H4,32,34,36). The lowest BCUT2D eigenvalue weighted by Crippen LogP contribution is -2.16. The zero-order valence-electron chi connectivity index (χ0n) is 24.0. The second-order valence-electron chi connectivity index (χ2n) is 9.80. The van der Waals surface area contributed by atoms with Crippen LogP contribution in [0.2, 0.25) is 0 Å². The lowest BCUT2D eigenvalue weighted by molar-refractivity contribution is 0.0593. The molecule has 0 saturated heterocycles. The van der Waals surface area contributed by atoms with Gasteiger partial charge in [-0.2, -0.15) is 0 Å². The molecule has 0 unspecified atom stereocenters. The molecule has 2 aromatic carbocycles. The molecule has 2 aromatic heterocycles. The van der Waals surface area contributed by atoms with Crippen molar-refractivity contribution in [2.45, 2.75) is 27.7 Å². The minimum Gasteiger partial charge on any atom is -0.508 e. The van der Waals surface area contributed by atoms with Crippen LogP contribution in [-0.4, -0.2) is 46.3 Å². The smallest absolute Gasteiger partial charge is 0.343 e. The van der Waals surface area contributed by atoms with E-state index in [1.807, 2.05) is 0 Å². The van der Waals surface area contributed by atoms with Gasteiger partial charge in [0.15, 0.2) is 0 Å². The van der Waals surface area contributed by atoms with Crippen molar-refractivity contribution in [3.63, 3.8) is 0 Å². The maximum atomic E-state index is 12.8. The second kappa shape index (κ2) is 10.8. The highest BCUT2D eigenvalue weighted by Gasteiger charge is 2.32. The van der Waals surface area contributed by atoms with Gasteiger partial charge in [0.05, 0.1) is 25.6 Å². The van der Waals surface area contributed by atoms with Gasteiger partial charge in [0.25, 0.3) is 0 Å². The van der Waals surface area contributed by atoms with E-state index in [2.05, 4.69) is 9.97 Å². The third kappa shape index (κ3) is 4.52. The lowest BCUT2D eigenvalue weighted by Gasteiger charge is -2.24. The monoisotopic (exact) mass is 572 g/mol. The van der Waals surface area contributed by atoms with E-state index in [9.17, 15) is 19.8 Å². The van der Waals surface area contributed by atoms with E-state index < -0.39 is 11.9 Å². The summed E-state index contributed by atoms with van der Waals surface area (Å²) in [6.45, 7) is 6.94. The second-order valence-corrected chi connectivity index (χ2v) is 9.80. The molecular weight excluding hydrogens is 540 g/mol. The van der Waals surface area contributed by atoms with Crippen molar-refractivity contribution >= 4 is 34.9 Å². The van der Waals surface area contributed by atoms with Crippen LogP contribution in [0.3, 0.4) is 0 Å². The minimum absolute atomic E-state index is 0.0367. The molecule has 218 valence electrons. The number of aromatic hydroxyl groups is 2. The third-order valence-electron chi connectivity index (χ3n) is 7.32. The molecule has 4 rings (SSSR count). The number of benzene rings is 2. The summed E-state index contributed by atoms with van der Waals surface area (Å²) in [7, 11) is 2.36. The fourth-order valence-electron chi connectivity index (χ4n) is 5.17. The number of nitrogen functional groups attached to an aromatic ring is 4. The zero-order chi connectivity index (χ0) is 31.2. The van der Waals surface area contributed by atoms with Gasteiger partial charge in [0, 0.05) is 11.1 Å². The Labute approximate surface area is 241 Å². The van der Waals surface area contributed by atoms with Crippen molar-refractivity contribution in [1.82, 2.24) is 9.97 Å². The van der Waals surface area contributed by atoms with Crippen molar-refractivity contribution in [1.29, 1.82) is 0 Å². The number of hydrogen-bond donors (Lipinski definition) is 6. The van der Waals surface area contributed by atoms with Crippen LogP contribution in [0, 0.1) is 27.7 Å². The number of rotatable bonds is 5. The molecule has 0 fully saturated rings. The lowest BCUT2D eigenvalue weighted by atomic mass is 9.86. The first-order valence-corrected chi connectivity index (χ1v) is 12.7. The van der Waals surface area contributed by atoms with Crippen LogP contribution in [0.1, 0.15) is 43.0 Å². The maximum Gasteiger partial charge on any atom is 0.343 e. The fourth-order valence-corrected chi connectivity index (χ4v) is 5.17. The first-order valence-electron chi connectivity index (χ1n) is 12.7. The average molecular weight is 573 g/mol. The Hall–Kier alpha value is -5.52. The Kier molecular flexibility index (Phi) is 7.58. The number of aryl methyl sites for hydroxylation is 2. The molecule has 0 aliphatic rings. The highest BCUT2D eigenvalue weighted by molar-refractivity contribution is 6.11. The van der Waals surface area contributed by atoms with Crippen molar-refractivity contribution in [2.75, 3.05) is 37.2 Å². The zero-order valence-corrected chi connectivity index (χ0v) is 24.0. The Balaban J connectivity index is 2.33. The van der Waals surface area contributed by atoms with Crippen molar-refractivity contribution in [3.8, 4) is 45.1 Å². The number of phenolic OH excluding ortho intramolecular Hbond substituents is 2. The molecule has 0 saturated carbocycles. The largest absolute Gasteiger partial charge is 0.508 e. The first-order chi connectivity index (χ1) is 19.8. The van der Waals surface area contributed by atoms with Gasteiger partial charge in [-0.25, -0.2) is 19.6 Å². The van der Waals surface area contributed by atoms with Crippen LogP contribution in [-0.2, 0) is 9.47 Å². The number of hydrogen-bond acceptors (Lipinski definition) is 12. The van der Waals surface area contributed by atoms with Crippen LogP contribution < -0.4 is 22.9 Å². The highest BCUT2D eigenvalue weighted by atomic mass is 16.5. The molecule has 0 bridgehead atoms. The Bertz CT molecular complexity index is 1670. The molecular formula is C30H32N6O6. The van der Waals surface area contributed by atoms with E-state index in [0.29, 0.717) is 33.4 Å². The summed E-state index contributed by atoms with van der Waals surface area (Å²) in [6, 6.07) is 6.41. The molecule has 0 aliphatic carbocycles. The Morgan fingerprint density at radius 2 is 0.952 bits per heavy atom. The van der Waals surface area contributed by atoms with Crippen molar-refractivity contribution < 1.29 is 29.3 Å². The predicted molar refractivity (Wildman–Crippen MR) is 161 cm³/mol. The first kappa shape index (κ1) is 29.5. The number of aromatic nitrogens is 2. The predicted octanol–water partition coefficient (Wildman–Crippen LogP) is 4.02. The van der Waals surface area contributed by atoms with Crippen LogP contribution in [0.4, 0.5) is 23.0 Å². The van der Waals surface area contributed by atoms with Gasteiger partial charge in [-0.05, 0) is 73.2 Å². The Morgan fingerprint density at radius 3 is 1.26 bits per heavy atom. The highest BCUT2D eigenvalue weighted by Crippen LogP contribution is 2.49. The van der Waals surface area contributed by atoms with E-state index in [0.717, 1.165) is 0 Å². The molecule has 42 heavy (non-hydrogen) atoms. The number of esters is 2. The minimum atomic E-state index is -0.825. The number of ether oxygens (including phenoxy) is 2. The van der Waals surface area contributed by atoms with Crippen LogP contribution in [0.5, 0.6) is 11.5 Å². The molecule has 0 spiro atoms. The summed E-state index contributed by atoms with van der Waals surface area (Å²) in [4.78, 5) is 34.7. The van der Waals surface area contributed by atoms with Gasteiger partial charge in [-0.15, -0.1) is 0 Å². The van der Waals surface area contributed by atoms with E-state index in [-0.39, 0.29) is 68.2 Å². The normalized spacial score (nSPS) is 10.9.